The molecule has 0 radical (unpaired) electrons. The molecule has 0 bridgehead atoms. The van der Waals surface area contributed by atoms with Crippen LogP contribution in [0.3, 0.4) is 0 Å². The van der Waals surface area contributed by atoms with Gasteiger partial charge < -0.3 is 77.3 Å². The minimum absolute atomic E-state index is 0. The zero-order valence-electron chi connectivity index (χ0n) is 54.6. The van der Waals surface area contributed by atoms with Crippen LogP contribution in [-0.4, -0.2) is 194 Å². The number of carboxylic acids is 4. The molecule has 4 unspecified atom stereocenters. The quantitative estimate of drug-likeness (QED) is 0.0250. The molecule has 0 amide bonds. The largest absolute Gasteiger partial charge is 0.479 e. The number of carbonyl (C=O) groups excluding carboxylic acids is 4. The van der Waals surface area contributed by atoms with E-state index in [0.717, 1.165) is 0 Å². The number of carboxylic acid groups (broad SMARTS) is 4. The van der Waals surface area contributed by atoms with Crippen molar-refractivity contribution >= 4 is 47.0 Å². The minimum Gasteiger partial charge on any atom is -0.479 e. The van der Waals surface area contributed by atoms with Crippen molar-refractivity contribution in [3.8, 4) is 0 Å². The van der Waals surface area contributed by atoms with E-state index in [4.69, 9.17) is 56.8 Å². The fourth-order valence-electron chi connectivity index (χ4n) is 7.16. The maximum absolute atomic E-state index is 12.6. The van der Waals surface area contributed by atoms with Crippen LogP contribution in [0, 0.1) is 0 Å². The fraction of sp³-hybridized carbons (Fsp3) is 0.867. The molecule has 0 spiro atoms. The van der Waals surface area contributed by atoms with E-state index < -0.39 is 94.6 Å². The number of ether oxygens (including phenoxy) is 12. The van der Waals surface area contributed by atoms with Gasteiger partial charge in [-0.1, -0.05) is 111 Å². The van der Waals surface area contributed by atoms with Crippen molar-refractivity contribution in [1.82, 2.24) is 0 Å². The molecule has 0 aliphatic heterocycles. The molecule has 0 saturated heterocycles. The van der Waals surface area contributed by atoms with Crippen LogP contribution < -0.4 is 0 Å². The van der Waals surface area contributed by atoms with Gasteiger partial charge in [-0.2, -0.15) is 0 Å². The molecule has 25 heteroatoms. The molecule has 0 aromatic heterocycles. The van der Waals surface area contributed by atoms with E-state index in [0.29, 0.717) is 130 Å². The zero-order chi connectivity index (χ0) is 65.2. The van der Waals surface area contributed by atoms with Crippen LogP contribution in [0.15, 0.2) is 0 Å². The second-order valence-electron chi connectivity index (χ2n) is 19.0. The summed E-state index contributed by atoms with van der Waals surface area (Å²) in [6.45, 7) is 33.0. The van der Waals surface area contributed by atoms with Crippen LogP contribution in [0.25, 0.3) is 0 Å². The van der Waals surface area contributed by atoms with E-state index in [2.05, 4.69) is 0 Å². The van der Waals surface area contributed by atoms with Crippen LogP contribution in [0.5, 0.6) is 0 Å². The zero-order valence-corrected chi connectivity index (χ0v) is 56.1. The summed E-state index contributed by atoms with van der Waals surface area (Å²) in [6.07, 6.45) is 2.90. The monoisotopic (exact) mass is 1260 g/mol. The molecule has 0 aromatic carbocycles. The molecule has 0 aliphatic carbocycles. The van der Waals surface area contributed by atoms with E-state index in [1.807, 2.05) is 83.1 Å². The van der Waals surface area contributed by atoms with Crippen LogP contribution in [0.1, 0.15) is 214 Å². The van der Waals surface area contributed by atoms with Crippen molar-refractivity contribution in [3.05, 3.63) is 0 Å². The van der Waals surface area contributed by atoms with E-state index in [9.17, 15) is 58.8 Å². The molecule has 4 atom stereocenters. The van der Waals surface area contributed by atoms with E-state index in [1.54, 1.807) is 27.7 Å². The Labute approximate surface area is 522 Å². The first-order valence-corrected chi connectivity index (χ1v) is 30.6. The van der Waals surface area contributed by atoms with Crippen molar-refractivity contribution in [2.75, 3.05) is 79.3 Å². The first-order valence-electron chi connectivity index (χ1n) is 30.6. The van der Waals surface area contributed by atoms with Crippen molar-refractivity contribution in [2.45, 2.75) is 261 Å². The van der Waals surface area contributed by atoms with Gasteiger partial charge in [0, 0.05) is 73.8 Å². The summed E-state index contributed by atoms with van der Waals surface area (Å²) in [5.74, 6) is -14.1. The molecule has 0 fully saturated rings. The van der Waals surface area contributed by atoms with Gasteiger partial charge in [0.15, 0.2) is 0 Å². The summed E-state index contributed by atoms with van der Waals surface area (Å²) in [4.78, 5) is 95.6. The Balaban J connectivity index is -0.000000333. The van der Waals surface area contributed by atoms with Gasteiger partial charge in [0.1, 0.15) is 0 Å². The average molecular weight is 1270 g/mol. The normalized spacial score (nSPS) is 13.0. The predicted molar refractivity (Wildman–Crippen MR) is 313 cm³/mol. The molecule has 0 heterocycles. The molecule has 500 valence electrons. The van der Waals surface area contributed by atoms with Crippen LogP contribution >= 0.6 is 0 Å². The molecular weight excluding hydrogens is 1150 g/mol. The number of hydrogen-bond donors (Lipinski definition) is 4. The van der Waals surface area contributed by atoms with Crippen molar-refractivity contribution < 1.29 is 137 Å². The van der Waals surface area contributed by atoms with Crippen LogP contribution in [0.2, 0.25) is 0 Å². The summed E-state index contributed by atoms with van der Waals surface area (Å²) in [6, 6.07) is 0. The Morgan fingerprint density at radius 2 is 0.365 bits per heavy atom. The average Bonchev–Trinajstić information content (AvgIpc) is 3.48. The molecule has 0 rings (SSSR count). The Kier molecular flexibility index (Phi) is 58.5. The number of aliphatic carboxylic acids is 4. The summed E-state index contributed by atoms with van der Waals surface area (Å²) in [5, 5.41) is 36.9. The van der Waals surface area contributed by atoms with Gasteiger partial charge in [0.2, 0.25) is 70.7 Å². The predicted octanol–water partition coefficient (Wildman–Crippen LogP) is 9.58. The van der Waals surface area contributed by atoms with Crippen LogP contribution in [0.4, 0.5) is 0 Å². The molecule has 24 nitrogen and oxygen atoms in total. The third kappa shape index (κ3) is 34.4. The van der Waals surface area contributed by atoms with Gasteiger partial charge >= 0.3 is 23.9 Å². The van der Waals surface area contributed by atoms with Gasteiger partial charge in [-0.3, -0.25) is 19.2 Å². The van der Waals surface area contributed by atoms with E-state index >= 15 is 0 Å². The van der Waals surface area contributed by atoms with Crippen molar-refractivity contribution in [2.24, 2.45) is 0 Å². The van der Waals surface area contributed by atoms with Gasteiger partial charge in [-0.05, 0) is 77.0 Å². The van der Waals surface area contributed by atoms with E-state index in [1.165, 1.54) is 0 Å². The van der Waals surface area contributed by atoms with Crippen molar-refractivity contribution in [3.63, 3.8) is 0 Å². The smallest absolute Gasteiger partial charge is 0.340 e. The summed E-state index contributed by atoms with van der Waals surface area (Å²) in [5.41, 5.74) is 0. The third-order valence-corrected chi connectivity index (χ3v) is 11.5. The number of rotatable bonds is 52. The van der Waals surface area contributed by atoms with Gasteiger partial charge in [0.25, 0.3) is 0 Å². The topological polar surface area (TPSA) is 328 Å². The Morgan fingerprint density at radius 1 is 0.247 bits per heavy atom. The second kappa shape index (κ2) is 54.9. The molecule has 0 aromatic rings. The number of carbonyl (C=O) groups is 8. The Hall–Kier alpha value is -3.21. The first-order chi connectivity index (χ1) is 39.9. The molecule has 0 saturated carbocycles. The number of ketones is 4. The Morgan fingerprint density at radius 3 is 0.447 bits per heavy atom. The fourth-order valence-corrected chi connectivity index (χ4v) is 7.16. The standard InChI is InChI=1S/4C15H28O6.Ti/c4*1-5-9-19-12(14(17)18)13(16)15(8-4,20-10-6-2)21-11-7-3;/h4*12H,5-11H2,1-4H3,(H,17,18);. The van der Waals surface area contributed by atoms with Gasteiger partial charge in [-0.25, -0.2) is 19.2 Å². The van der Waals surface area contributed by atoms with Gasteiger partial charge in [-0.15, -0.1) is 0 Å². The molecular formula is C60H112O24Ti. The molecule has 85 heavy (non-hydrogen) atoms. The number of Topliss-reactive ketones (excluding diaryl/α,β-unsaturated/α-hetero) is 4. The molecule has 4 N–H and O–H groups in total. The second-order valence-corrected chi connectivity index (χ2v) is 19.0. The maximum Gasteiger partial charge on any atom is 0.340 e. The Bertz CT molecular complexity index is 1480. The summed E-state index contributed by atoms with van der Waals surface area (Å²) < 4.78 is 65.4. The number of hydrogen-bond acceptors (Lipinski definition) is 20. The summed E-state index contributed by atoms with van der Waals surface area (Å²) in [7, 11) is 0. The van der Waals surface area contributed by atoms with Gasteiger partial charge in [0.05, 0.1) is 52.9 Å². The van der Waals surface area contributed by atoms with Crippen LogP contribution in [-0.2, 0) is 117 Å². The van der Waals surface area contributed by atoms with E-state index in [-0.39, 0.29) is 73.8 Å². The molecule has 0 aliphatic rings. The third-order valence-electron chi connectivity index (χ3n) is 11.5. The summed E-state index contributed by atoms with van der Waals surface area (Å²) >= 11 is 0. The maximum atomic E-state index is 12.6. The van der Waals surface area contributed by atoms with Crippen molar-refractivity contribution in [1.29, 1.82) is 0 Å². The minimum atomic E-state index is -1.56. The SMILES string of the molecule is CCCOC(C(=O)O)C(=O)C(CC)(OCCC)OCCC.CCCOC(C(=O)O)C(=O)C(CC)(OCCC)OCCC.CCCOC(C(=O)O)C(=O)C(CC)(OCCC)OCCC.CCCOC(C(=O)O)C(=O)C(CC)(OCCC)OCCC.[Ti]. The first kappa shape index (κ1) is 90.5.